The highest BCUT2D eigenvalue weighted by molar-refractivity contribution is 5.99. The number of halogens is 1. The van der Waals surface area contributed by atoms with Gasteiger partial charge in [-0.15, -0.1) is 0 Å². The second-order valence-electron chi connectivity index (χ2n) is 10.6. The number of para-hydroxylation sites is 1. The van der Waals surface area contributed by atoms with Crippen molar-refractivity contribution in [2.75, 3.05) is 19.7 Å². The molecule has 3 atom stereocenters. The van der Waals surface area contributed by atoms with Crippen LogP contribution in [0.25, 0.3) is 0 Å². The van der Waals surface area contributed by atoms with Crippen LogP contribution < -0.4 is 20.7 Å². The van der Waals surface area contributed by atoms with Crippen LogP contribution >= 0.6 is 0 Å². The summed E-state index contributed by atoms with van der Waals surface area (Å²) in [5.74, 6) is -1.45. The number of fused-ring (bicyclic) bond motifs is 2. The molecular weight excluding hydrogens is 515 g/mol. The molecule has 2 aromatic rings. The lowest BCUT2D eigenvalue weighted by molar-refractivity contribution is -0.139. The number of rotatable bonds is 5. The van der Waals surface area contributed by atoms with Crippen molar-refractivity contribution in [2.45, 2.75) is 64.1 Å². The van der Waals surface area contributed by atoms with Crippen molar-refractivity contribution < 1.29 is 28.3 Å². The number of amides is 4. The molecule has 0 spiro atoms. The molecule has 4 amide bonds. The summed E-state index contributed by atoms with van der Waals surface area (Å²) < 4.78 is 20.0. The highest BCUT2D eigenvalue weighted by Gasteiger charge is 2.36. The Bertz CT molecular complexity index is 1240. The molecule has 0 saturated carbocycles. The van der Waals surface area contributed by atoms with Crippen molar-refractivity contribution >= 4 is 23.6 Å². The Labute approximate surface area is 233 Å². The Kier molecular flexibility index (Phi) is 9.74. The van der Waals surface area contributed by atoms with Crippen LogP contribution in [0.4, 0.5) is 4.39 Å². The Morgan fingerprint density at radius 3 is 2.60 bits per heavy atom. The Morgan fingerprint density at radius 2 is 1.82 bits per heavy atom. The first-order chi connectivity index (χ1) is 19.2. The fourth-order valence-corrected chi connectivity index (χ4v) is 5.04. The van der Waals surface area contributed by atoms with Crippen LogP contribution in [-0.4, -0.2) is 66.4 Å². The van der Waals surface area contributed by atoms with Gasteiger partial charge in [0.1, 0.15) is 30.3 Å². The summed E-state index contributed by atoms with van der Waals surface area (Å²) in [6.07, 6.45) is 1.55. The van der Waals surface area contributed by atoms with Crippen LogP contribution in [0.5, 0.6) is 5.75 Å². The molecule has 2 heterocycles. The molecule has 2 aliphatic heterocycles. The highest BCUT2D eigenvalue weighted by atomic mass is 19.1. The molecule has 0 aliphatic carbocycles. The number of carbonyl (C=O) groups excluding carboxylic acids is 4. The van der Waals surface area contributed by atoms with Crippen molar-refractivity contribution in [2.24, 2.45) is 5.92 Å². The number of hydrogen-bond acceptors (Lipinski definition) is 5. The zero-order valence-corrected chi connectivity index (χ0v) is 23.0. The van der Waals surface area contributed by atoms with E-state index in [2.05, 4.69) is 16.0 Å². The lowest BCUT2D eigenvalue weighted by Crippen LogP contribution is -2.52. The topological polar surface area (TPSA) is 117 Å². The molecule has 0 unspecified atom stereocenters. The quantitative estimate of drug-likeness (QED) is 0.527. The van der Waals surface area contributed by atoms with Crippen molar-refractivity contribution in [3.63, 3.8) is 0 Å². The largest absolute Gasteiger partial charge is 0.491 e. The zero-order chi connectivity index (χ0) is 28.6. The molecular formula is C30H37FN4O5. The van der Waals surface area contributed by atoms with Gasteiger partial charge >= 0.3 is 0 Å². The summed E-state index contributed by atoms with van der Waals surface area (Å²) in [5.41, 5.74) is 0.704. The van der Waals surface area contributed by atoms with Gasteiger partial charge in [-0.2, -0.15) is 0 Å². The number of benzene rings is 2. The van der Waals surface area contributed by atoms with Gasteiger partial charge in [-0.25, -0.2) is 4.39 Å². The summed E-state index contributed by atoms with van der Waals surface area (Å²) in [6.45, 7) is 4.68. The Morgan fingerprint density at radius 1 is 1.07 bits per heavy atom. The van der Waals surface area contributed by atoms with Crippen LogP contribution in [-0.2, 0) is 20.8 Å². The fraction of sp³-hybridized carbons (Fsp3) is 0.467. The first-order valence-corrected chi connectivity index (χ1v) is 13.9. The molecule has 0 bridgehead atoms. The third kappa shape index (κ3) is 7.16. The minimum atomic E-state index is -1.02. The summed E-state index contributed by atoms with van der Waals surface area (Å²) in [5, 5.41) is 8.57. The predicted molar refractivity (Wildman–Crippen MR) is 147 cm³/mol. The van der Waals surface area contributed by atoms with Crippen LogP contribution in [0.3, 0.4) is 0 Å². The molecule has 2 aliphatic rings. The summed E-state index contributed by atoms with van der Waals surface area (Å²) in [7, 11) is 0. The maximum atomic E-state index is 14.0. The second kappa shape index (κ2) is 13.4. The van der Waals surface area contributed by atoms with E-state index in [1.807, 2.05) is 13.8 Å². The van der Waals surface area contributed by atoms with Gasteiger partial charge < -0.3 is 25.6 Å². The van der Waals surface area contributed by atoms with Gasteiger partial charge in [0.25, 0.3) is 5.91 Å². The Balaban J connectivity index is 1.55. The van der Waals surface area contributed by atoms with Gasteiger partial charge in [0.05, 0.1) is 11.6 Å². The highest BCUT2D eigenvalue weighted by Crippen LogP contribution is 2.23. The second-order valence-corrected chi connectivity index (χ2v) is 10.6. The number of nitrogens with one attached hydrogen (secondary N) is 3. The molecule has 2 aromatic carbocycles. The molecule has 10 heteroatoms. The monoisotopic (exact) mass is 552 g/mol. The van der Waals surface area contributed by atoms with Crippen molar-refractivity contribution in [1.82, 2.24) is 20.9 Å². The summed E-state index contributed by atoms with van der Waals surface area (Å²) in [6, 6.07) is 11.1. The van der Waals surface area contributed by atoms with E-state index in [0.717, 1.165) is 0 Å². The lowest BCUT2D eigenvalue weighted by atomic mass is 10.0. The molecule has 3 N–H and O–H groups in total. The average molecular weight is 553 g/mol. The smallest absolute Gasteiger partial charge is 0.255 e. The van der Waals surface area contributed by atoms with Gasteiger partial charge in [-0.3, -0.25) is 19.2 Å². The van der Waals surface area contributed by atoms with Crippen molar-refractivity contribution in [1.29, 1.82) is 0 Å². The summed E-state index contributed by atoms with van der Waals surface area (Å²) in [4.78, 5) is 54.5. The molecule has 1 fully saturated rings. The molecule has 1 saturated heterocycles. The third-order valence-corrected chi connectivity index (χ3v) is 7.48. The maximum absolute atomic E-state index is 14.0. The first kappa shape index (κ1) is 29.0. The lowest BCUT2D eigenvalue weighted by Gasteiger charge is -2.28. The Hall–Kier alpha value is -3.95. The minimum absolute atomic E-state index is 0.0266. The van der Waals surface area contributed by atoms with Gasteiger partial charge in [0.15, 0.2) is 0 Å². The van der Waals surface area contributed by atoms with E-state index in [0.29, 0.717) is 30.7 Å². The molecule has 0 radical (unpaired) electrons. The van der Waals surface area contributed by atoms with E-state index >= 15 is 0 Å². The van der Waals surface area contributed by atoms with Gasteiger partial charge in [-0.05, 0) is 55.4 Å². The van der Waals surface area contributed by atoms with E-state index in [-0.39, 0.29) is 67.6 Å². The van der Waals surface area contributed by atoms with Gasteiger partial charge in [0.2, 0.25) is 17.7 Å². The van der Waals surface area contributed by atoms with E-state index in [1.165, 1.54) is 6.07 Å². The van der Waals surface area contributed by atoms with E-state index < -0.39 is 23.9 Å². The van der Waals surface area contributed by atoms with Crippen molar-refractivity contribution in [3.05, 3.63) is 65.5 Å². The zero-order valence-electron chi connectivity index (χ0n) is 23.0. The van der Waals surface area contributed by atoms with Crippen LogP contribution in [0.2, 0.25) is 0 Å². The molecule has 214 valence electrons. The standard InChI is InChI=1S/C30H37FN4O5/c1-19(2)24-18-40-26-12-6-4-9-21(26)28(37)33-23(29(38)32-16-15-20-8-3-5-10-22(20)31)13-14-27(36)35-17-7-11-25(35)30(39)34-24/h3-6,8-10,12,19,23-25H,7,11,13-18H2,1-2H3,(H,32,38)(H,33,37)(H,34,39)/t23-,24-,25-/m0/s1. The van der Waals surface area contributed by atoms with Crippen LogP contribution in [0, 0.1) is 11.7 Å². The summed E-state index contributed by atoms with van der Waals surface area (Å²) >= 11 is 0. The number of ether oxygens (including phenoxy) is 1. The number of hydrogen-bond donors (Lipinski definition) is 3. The van der Waals surface area contributed by atoms with Crippen LogP contribution in [0.15, 0.2) is 48.5 Å². The molecule has 9 nitrogen and oxygen atoms in total. The van der Waals surface area contributed by atoms with E-state index in [4.69, 9.17) is 4.74 Å². The fourth-order valence-electron chi connectivity index (χ4n) is 5.04. The predicted octanol–water partition coefficient (Wildman–Crippen LogP) is 2.59. The molecule has 0 aromatic heterocycles. The molecule has 4 rings (SSSR count). The SMILES string of the molecule is CC(C)[C@@H]1COc2ccccc2C(=O)N[C@H](C(=O)NCCc2ccccc2F)CCC(=O)N2CCC[C@H]2C(=O)N1. The minimum Gasteiger partial charge on any atom is -0.491 e. The van der Waals surface area contributed by atoms with Crippen LogP contribution in [0.1, 0.15) is 55.5 Å². The number of nitrogens with zero attached hydrogens (tertiary/aromatic N) is 1. The van der Waals surface area contributed by atoms with Gasteiger partial charge in [-0.1, -0.05) is 44.2 Å². The van der Waals surface area contributed by atoms with Gasteiger partial charge in [0, 0.05) is 19.5 Å². The first-order valence-electron chi connectivity index (χ1n) is 13.9. The maximum Gasteiger partial charge on any atom is 0.255 e. The molecule has 40 heavy (non-hydrogen) atoms. The average Bonchev–Trinajstić information content (AvgIpc) is 3.44. The number of carbonyl (C=O) groups is 4. The normalized spacial score (nSPS) is 22.2. The van der Waals surface area contributed by atoms with Crippen molar-refractivity contribution in [3.8, 4) is 5.75 Å². The van der Waals surface area contributed by atoms with E-state index in [1.54, 1.807) is 47.4 Å². The van der Waals surface area contributed by atoms with E-state index in [9.17, 15) is 23.6 Å². The third-order valence-electron chi connectivity index (χ3n) is 7.48.